The molecule has 0 heterocycles. The number of hydrogen-bond donors (Lipinski definition) is 1. The van der Waals surface area contributed by atoms with Crippen LogP contribution in [0, 0.1) is 11.8 Å². The van der Waals surface area contributed by atoms with Gasteiger partial charge in [-0.05, 0) is 18.4 Å². The Balaban J connectivity index is 3.03. The van der Waals surface area contributed by atoms with Crippen molar-refractivity contribution in [3.8, 4) is 0 Å². The second-order valence-corrected chi connectivity index (χ2v) is 3.27. The van der Waals surface area contributed by atoms with Crippen molar-refractivity contribution >= 4 is 0 Å². The number of rotatable bonds is 5. The van der Waals surface area contributed by atoms with Gasteiger partial charge in [0, 0.05) is 6.61 Å². The maximum absolute atomic E-state index is 5.41. The van der Waals surface area contributed by atoms with E-state index in [0.717, 1.165) is 19.8 Å². The van der Waals surface area contributed by atoms with E-state index >= 15 is 0 Å². The van der Waals surface area contributed by atoms with Crippen LogP contribution in [0.5, 0.6) is 0 Å². The van der Waals surface area contributed by atoms with Crippen LogP contribution in [-0.2, 0) is 4.74 Å². The number of hydrogen-bond acceptors (Lipinski definition) is 2. The van der Waals surface area contributed by atoms with Crippen molar-refractivity contribution in [1.82, 2.24) is 0 Å². The third-order valence-electron chi connectivity index (χ3n) is 1.26. The summed E-state index contributed by atoms with van der Waals surface area (Å²) in [6.45, 7) is 8.76. The lowest BCUT2D eigenvalue weighted by molar-refractivity contribution is 0.0862. The van der Waals surface area contributed by atoms with Gasteiger partial charge in [0.1, 0.15) is 0 Å². The van der Waals surface area contributed by atoms with Crippen LogP contribution in [0.4, 0.5) is 0 Å². The van der Waals surface area contributed by atoms with Crippen LogP contribution in [0.2, 0.25) is 0 Å². The number of ether oxygens (including phenoxy) is 1. The lowest BCUT2D eigenvalue weighted by Gasteiger charge is -2.10. The van der Waals surface area contributed by atoms with E-state index in [1.54, 1.807) is 0 Å². The Morgan fingerprint density at radius 3 is 2.20 bits per heavy atom. The molecule has 0 saturated heterocycles. The Hall–Kier alpha value is -0.0800. The molecule has 0 bridgehead atoms. The van der Waals surface area contributed by atoms with E-state index in [-0.39, 0.29) is 0 Å². The standard InChI is InChI=1S/C8H19NO/c1-7(2)5-10-6-8(3)4-9/h7-8H,4-6,9H2,1-3H3. The minimum absolute atomic E-state index is 0.499. The molecule has 0 rings (SSSR count). The Bertz CT molecular complexity index is 73.7. The molecule has 1 unspecified atom stereocenters. The SMILES string of the molecule is CC(C)COCC(C)CN. The maximum Gasteiger partial charge on any atom is 0.0503 e. The van der Waals surface area contributed by atoms with Gasteiger partial charge in [0.05, 0.1) is 6.61 Å². The normalized spacial score (nSPS) is 14.1. The molecule has 10 heavy (non-hydrogen) atoms. The molecule has 0 aromatic carbocycles. The molecule has 0 amide bonds. The van der Waals surface area contributed by atoms with Crippen molar-refractivity contribution in [2.24, 2.45) is 17.6 Å². The molecule has 0 aliphatic rings. The average Bonchev–Trinajstić information content (AvgIpc) is 1.87. The molecule has 2 N–H and O–H groups in total. The van der Waals surface area contributed by atoms with E-state index in [1.807, 2.05) is 0 Å². The topological polar surface area (TPSA) is 35.2 Å². The molecule has 1 atom stereocenters. The molecule has 0 aromatic rings. The summed E-state index contributed by atoms with van der Waals surface area (Å²) in [4.78, 5) is 0. The highest BCUT2D eigenvalue weighted by Gasteiger charge is 1.99. The molecule has 0 aromatic heterocycles. The summed E-state index contributed by atoms with van der Waals surface area (Å²) in [5.41, 5.74) is 5.41. The summed E-state index contributed by atoms with van der Waals surface area (Å²) >= 11 is 0. The zero-order chi connectivity index (χ0) is 7.98. The highest BCUT2D eigenvalue weighted by Crippen LogP contribution is 1.96. The Morgan fingerprint density at radius 2 is 1.80 bits per heavy atom. The number of nitrogens with two attached hydrogens (primary N) is 1. The minimum atomic E-state index is 0.499. The quantitative estimate of drug-likeness (QED) is 0.632. The smallest absolute Gasteiger partial charge is 0.0503 e. The van der Waals surface area contributed by atoms with Crippen LogP contribution in [0.25, 0.3) is 0 Å². The zero-order valence-corrected chi connectivity index (χ0v) is 7.26. The summed E-state index contributed by atoms with van der Waals surface area (Å²) in [5.74, 6) is 1.13. The first kappa shape index (κ1) is 9.92. The molecule has 2 nitrogen and oxygen atoms in total. The lowest BCUT2D eigenvalue weighted by Crippen LogP contribution is -2.17. The zero-order valence-electron chi connectivity index (χ0n) is 7.26. The van der Waals surface area contributed by atoms with Gasteiger partial charge >= 0.3 is 0 Å². The molecular weight excluding hydrogens is 126 g/mol. The highest BCUT2D eigenvalue weighted by molar-refractivity contribution is 4.50. The first-order chi connectivity index (χ1) is 4.66. The van der Waals surface area contributed by atoms with E-state index in [1.165, 1.54) is 0 Å². The van der Waals surface area contributed by atoms with Crippen LogP contribution in [0.1, 0.15) is 20.8 Å². The van der Waals surface area contributed by atoms with E-state index in [4.69, 9.17) is 10.5 Å². The Labute approximate surface area is 63.7 Å². The molecule has 0 aliphatic heterocycles. The lowest BCUT2D eigenvalue weighted by atomic mass is 10.2. The van der Waals surface area contributed by atoms with Crippen molar-refractivity contribution in [1.29, 1.82) is 0 Å². The van der Waals surface area contributed by atoms with Crippen LogP contribution < -0.4 is 5.73 Å². The minimum Gasteiger partial charge on any atom is -0.381 e. The van der Waals surface area contributed by atoms with E-state index in [0.29, 0.717) is 11.8 Å². The van der Waals surface area contributed by atoms with Gasteiger partial charge in [0.25, 0.3) is 0 Å². The predicted molar refractivity (Wildman–Crippen MR) is 43.9 cm³/mol. The fourth-order valence-corrected chi connectivity index (χ4v) is 0.573. The Kier molecular flexibility index (Phi) is 5.64. The van der Waals surface area contributed by atoms with Crippen molar-refractivity contribution in [2.75, 3.05) is 19.8 Å². The van der Waals surface area contributed by atoms with Crippen molar-refractivity contribution in [3.63, 3.8) is 0 Å². The van der Waals surface area contributed by atoms with Gasteiger partial charge in [-0.15, -0.1) is 0 Å². The van der Waals surface area contributed by atoms with Gasteiger partial charge in [-0.2, -0.15) is 0 Å². The van der Waals surface area contributed by atoms with Crippen LogP contribution in [0.3, 0.4) is 0 Å². The molecule has 0 radical (unpaired) electrons. The fraction of sp³-hybridized carbons (Fsp3) is 1.00. The summed E-state index contributed by atoms with van der Waals surface area (Å²) in [6, 6.07) is 0. The van der Waals surface area contributed by atoms with Gasteiger partial charge in [0.15, 0.2) is 0 Å². The molecule has 0 spiro atoms. The molecular formula is C8H19NO. The third kappa shape index (κ3) is 6.05. The van der Waals surface area contributed by atoms with Gasteiger partial charge in [0.2, 0.25) is 0 Å². The van der Waals surface area contributed by atoms with Gasteiger partial charge in [-0.25, -0.2) is 0 Å². The maximum atomic E-state index is 5.41. The molecule has 62 valence electrons. The molecule has 0 aliphatic carbocycles. The second-order valence-electron chi connectivity index (χ2n) is 3.27. The summed E-state index contributed by atoms with van der Waals surface area (Å²) in [5, 5.41) is 0. The summed E-state index contributed by atoms with van der Waals surface area (Å²) in [7, 11) is 0. The van der Waals surface area contributed by atoms with Gasteiger partial charge in [-0.3, -0.25) is 0 Å². The summed E-state index contributed by atoms with van der Waals surface area (Å²) < 4.78 is 5.37. The largest absolute Gasteiger partial charge is 0.381 e. The van der Waals surface area contributed by atoms with Gasteiger partial charge in [-0.1, -0.05) is 20.8 Å². The van der Waals surface area contributed by atoms with Crippen LogP contribution in [0.15, 0.2) is 0 Å². The Morgan fingerprint density at radius 1 is 1.20 bits per heavy atom. The van der Waals surface area contributed by atoms with E-state index in [9.17, 15) is 0 Å². The second kappa shape index (κ2) is 5.69. The molecule has 0 fully saturated rings. The van der Waals surface area contributed by atoms with E-state index in [2.05, 4.69) is 20.8 Å². The highest BCUT2D eigenvalue weighted by atomic mass is 16.5. The molecule has 0 saturated carbocycles. The van der Waals surface area contributed by atoms with Crippen LogP contribution >= 0.6 is 0 Å². The van der Waals surface area contributed by atoms with E-state index < -0.39 is 0 Å². The van der Waals surface area contributed by atoms with Crippen molar-refractivity contribution in [3.05, 3.63) is 0 Å². The molecule has 2 heteroatoms. The van der Waals surface area contributed by atoms with Crippen molar-refractivity contribution < 1.29 is 4.74 Å². The monoisotopic (exact) mass is 145 g/mol. The first-order valence-corrected chi connectivity index (χ1v) is 3.94. The first-order valence-electron chi connectivity index (χ1n) is 3.94. The predicted octanol–water partition coefficient (Wildman–Crippen LogP) is 1.25. The fourth-order valence-electron chi connectivity index (χ4n) is 0.573. The van der Waals surface area contributed by atoms with Gasteiger partial charge < -0.3 is 10.5 Å². The summed E-state index contributed by atoms with van der Waals surface area (Å²) in [6.07, 6.45) is 0. The van der Waals surface area contributed by atoms with Crippen molar-refractivity contribution in [2.45, 2.75) is 20.8 Å². The van der Waals surface area contributed by atoms with Crippen LogP contribution in [-0.4, -0.2) is 19.8 Å². The third-order valence-corrected chi connectivity index (χ3v) is 1.26. The average molecular weight is 145 g/mol.